The minimum Gasteiger partial charge on any atom is -0.345 e. The van der Waals surface area contributed by atoms with Crippen LogP contribution in [0, 0.1) is 6.92 Å². The van der Waals surface area contributed by atoms with Gasteiger partial charge in [-0.05, 0) is 41.8 Å². The van der Waals surface area contributed by atoms with E-state index in [2.05, 4.69) is 55.7 Å². The first-order chi connectivity index (χ1) is 9.13. The van der Waals surface area contributed by atoms with Crippen molar-refractivity contribution in [3.8, 4) is 0 Å². The van der Waals surface area contributed by atoms with Gasteiger partial charge in [0.05, 0.1) is 0 Å². The van der Waals surface area contributed by atoms with Crippen LogP contribution in [0.4, 0.5) is 5.69 Å². The van der Waals surface area contributed by atoms with Crippen LogP contribution in [-0.4, -0.2) is 12.4 Å². The van der Waals surface area contributed by atoms with Crippen molar-refractivity contribution in [2.75, 3.05) is 17.3 Å². The summed E-state index contributed by atoms with van der Waals surface area (Å²) >= 11 is 6.19. The Hall–Kier alpha value is -1.47. The summed E-state index contributed by atoms with van der Waals surface area (Å²) in [6.45, 7) is 9.28. The summed E-state index contributed by atoms with van der Waals surface area (Å²) in [6.07, 6.45) is 0. The van der Waals surface area contributed by atoms with Gasteiger partial charge < -0.3 is 4.90 Å². The minimum atomic E-state index is 0.388. The molecular formula is C17H18ClN. The van der Waals surface area contributed by atoms with Crippen LogP contribution in [0.3, 0.4) is 0 Å². The van der Waals surface area contributed by atoms with E-state index in [9.17, 15) is 0 Å². The molecule has 0 fully saturated rings. The molecule has 2 heteroatoms. The van der Waals surface area contributed by atoms with E-state index in [-0.39, 0.29) is 0 Å². The zero-order valence-electron chi connectivity index (χ0n) is 11.4. The van der Waals surface area contributed by atoms with E-state index in [1.54, 1.807) is 0 Å². The molecule has 1 unspecified atom stereocenters. The molecular weight excluding hydrogens is 254 g/mol. The first-order valence-corrected chi connectivity index (χ1v) is 7.18. The number of aryl methyl sites for hydroxylation is 1. The quantitative estimate of drug-likeness (QED) is 0.708. The number of nitrogens with zero attached hydrogens (tertiary/aromatic N) is 1. The molecule has 0 bridgehead atoms. The summed E-state index contributed by atoms with van der Waals surface area (Å²) in [5.74, 6) is 1.04. The SMILES string of the molecule is C=C(C)N1CC(CCl)c2c1cc(C)c1ccccc21. The Morgan fingerprint density at radius 2 is 2.05 bits per heavy atom. The number of benzene rings is 2. The molecule has 0 saturated heterocycles. The molecule has 19 heavy (non-hydrogen) atoms. The summed E-state index contributed by atoms with van der Waals surface area (Å²) in [4.78, 5) is 2.29. The van der Waals surface area contributed by atoms with Gasteiger partial charge in [0.25, 0.3) is 0 Å². The summed E-state index contributed by atoms with van der Waals surface area (Å²) in [5, 5.41) is 2.67. The number of fused-ring (bicyclic) bond motifs is 3. The van der Waals surface area contributed by atoms with Crippen molar-refractivity contribution >= 4 is 28.1 Å². The molecule has 2 aromatic rings. The van der Waals surface area contributed by atoms with Gasteiger partial charge in [-0.1, -0.05) is 30.8 Å². The minimum absolute atomic E-state index is 0.388. The number of halogens is 1. The second kappa shape index (κ2) is 4.57. The second-order valence-electron chi connectivity index (χ2n) is 5.37. The van der Waals surface area contributed by atoms with Crippen molar-refractivity contribution < 1.29 is 0 Å². The Kier molecular flexibility index (Phi) is 3.02. The molecule has 1 aliphatic heterocycles. The van der Waals surface area contributed by atoms with Crippen molar-refractivity contribution in [3.05, 3.63) is 53.7 Å². The van der Waals surface area contributed by atoms with E-state index in [4.69, 9.17) is 11.6 Å². The van der Waals surface area contributed by atoms with Crippen LogP contribution in [-0.2, 0) is 0 Å². The lowest BCUT2D eigenvalue weighted by Crippen LogP contribution is -2.19. The molecule has 1 aliphatic rings. The third-order valence-corrected chi connectivity index (χ3v) is 4.39. The van der Waals surface area contributed by atoms with Crippen molar-refractivity contribution in [1.29, 1.82) is 0 Å². The van der Waals surface area contributed by atoms with E-state index in [0.29, 0.717) is 11.8 Å². The number of allylic oxidation sites excluding steroid dienone is 1. The predicted octanol–water partition coefficient (Wildman–Crippen LogP) is 4.82. The Morgan fingerprint density at radius 3 is 2.68 bits per heavy atom. The third-order valence-electron chi connectivity index (χ3n) is 4.02. The highest BCUT2D eigenvalue weighted by Crippen LogP contribution is 2.44. The van der Waals surface area contributed by atoms with Gasteiger partial charge in [0.15, 0.2) is 0 Å². The number of hydrogen-bond donors (Lipinski definition) is 0. The van der Waals surface area contributed by atoms with Gasteiger partial charge in [0.1, 0.15) is 0 Å². The highest BCUT2D eigenvalue weighted by molar-refractivity contribution is 6.18. The molecule has 0 N–H and O–H groups in total. The fraction of sp³-hybridized carbons (Fsp3) is 0.294. The van der Waals surface area contributed by atoms with Crippen molar-refractivity contribution in [2.24, 2.45) is 0 Å². The van der Waals surface area contributed by atoms with Gasteiger partial charge in [-0.15, -0.1) is 11.6 Å². The van der Waals surface area contributed by atoms with Crippen LogP contribution in [0.15, 0.2) is 42.6 Å². The maximum atomic E-state index is 6.19. The van der Waals surface area contributed by atoms with E-state index < -0.39 is 0 Å². The molecule has 0 spiro atoms. The fourth-order valence-electron chi connectivity index (χ4n) is 3.11. The summed E-state index contributed by atoms with van der Waals surface area (Å²) in [6, 6.07) is 10.9. The molecule has 0 radical (unpaired) electrons. The van der Waals surface area contributed by atoms with Gasteiger partial charge in [0.2, 0.25) is 0 Å². The molecule has 0 amide bonds. The topological polar surface area (TPSA) is 3.24 Å². The maximum absolute atomic E-state index is 6.19. The Labute approximate surface area is 119 Å². The van der Waals surface area contributed by atoms with Gasteiger partial charge in [-0.25, -0.2) is 0 Å². The normalized spacial score (nSPS) is 17.8. The van der Waals surface area contributed by atoms with E-state index in [1.807, 2.05) is 0 Å². The zero-order chi connectivity index (χ0) is 13.6. The average molecular weight is 272 g/mol. The molecule has 1 heterocycles. The van der Waals surface area contributed by atoms with Crippen LogP contribution in [0.5, 0.6) is 0 Å². The number of hydrogen-bond acceptors (Lipinski definition) is 1. The monoisotopic (exact) mass is 271 g/mol. The fourth-order valence-corrected chi connectivity index (χ4v) is 3.36. The predicted molar refractivity (Wildman–Crippen MR) is 84.3 cm³/mol. The van der Waals surface area contributed by atoms with Gasteiger partial charge in [-0.2, -0.15) is 0 Å². The molecule has 0 aromatic heterocycles. The number of rotatable bonds is 2. The van der Waals surface area contributed by atoms with Crippen LogP contribution >= 0.6 is 11.6 Å². The number of alkyl halides is 1. The van der Waals surface area contributed by atoms with E-state index in [1.165, 1.54) is 27.6 Å². The standard InChI is InChI=1S/C17H18ClN/c1-11(2)19-10-13(9-18)17-15-7-5-4-6-14(15)12(3)8-16(17)19/h4-8,13H,1,9-10H2,2-3H3. The largest absolute Gasteiger partial charge is 0.345 e. The molecule has 0 aliphatic carbocycles. The van der Waals surface area contributed by atoms with Crippen LogP contribution in [0.1, 0.15) is 24.0 Å². The van der Waals surface area contributed by atoms with Crippen molar-refractivity contribution in [2.45, 2.75) is 19.8 Å². The smallest absolute Gasteiger partial charge is 0.0453 e. The summed E-state index contributed by atoms with van der Waals surface area (Å²) in [7, 11) is 0. The lowest BCUT2D eigenvalue weighted by Gasteiger charge is -2.20. The third kappa shape index (κ3) is 1.84. The van der Waals surface area contributed by atoms with E-state index in [0.717, 1.165) is 12.2 Å². The average Bonchev–Trinajstić information content (AvgIpc) is 2.78. The molecule has 3 rings (SSSR count). The van der Waals surface area contributed by atoms with Crippen molar-refractivity contribution in [3.63, 3.8) is 0 Å². The van der Waals surface area contributed by atoms with Gasteiger partial charge in [-0.3, -0.25) is 0 Å². The second-order valence-corrected chi connectivity index (χ2v) is 5.68. The Bertz CT molecular complexity index is 660. The summed E-state index contributed by atoms with van der Waals surface area (Å²) in [5.41, 5.74) is 5.08. The number of anilines is 1. The first-order valence-electron chi connectivity index (χ1n) is 6.64. The lowest BCUT2D eigenvalue weighted by molar-refractivity contribution is 0.806. The van der Waals surface area contributed by atoms with Crippen molar-refractivity contribution in [1.82, 2.24) is 0 Å². The molecule has 98 valence electrons. The molecule has 0 saturated carbocycles. The van der Waals surface area contributed by atoms with Crippen LogP contribution in [0.2, 0.25) is 0 Å². The summed E-state index contributed by atoms with van der Waals surface area (Å²) < 4.78 is 0. The molecule has 1 nitrogen and oxygen atoms in total. The van der Waals surface area contributed by atoms with Crippen LogP contribution in [0.25, 0.3) is 10.8 Å². The molecule has 2 aromatic carbocycles. The maximum Gasteiger partial charge on any atom is 0.0453 e. The first kappa shape index (κ1) is 12.6. The Morgan fingerprint density at radius 1 is 1.37 bits per heavy atom. The van der Waals surface area contributed by atoms with E-state index >= 15 is 0 Å². The highest BCUT2D eigenvalue weighted by Gasteiger charge is 2.30. The Balaban J connectivity index is 2.34. The van der Waals surface area contributed by atoms with Crippen LogP contribution < -0.4 is 4.90 Å². The lowest BCUT2D eigenvalue weighted by atomic mass is 9.93. The van der Waals surface area contributed by atoms with Gasteiger partial charge in [0, 0.05) is 29.7 Å². The highest BCUT2D eigenvalue weighted by atomic mass is 35.5. The zero-order valence-corrected chi connectivity index (χ0v) is 12.2. The molecule has 1 atom stereocenters. The van der Waals surface area contributed by atoms with Gasteiger partial charge >= 0.3 is 0 Å².